The van der Waals surface area contributed by atoms with Crippen LogP contribution in [-0.2, 0) is 0 Å². The van der Waals surface area contributed by atoms with Gasteiger partial charge in [-0.25, -0.2) is 0 Å². The molecular formula is C13H24N2S. The van der Waals surface area contributed by atoms with E-state index in [9.17, 15) is 0 Å². The van der Waals surface area contributed by atoms with Gasteiger partial charge in [0.05, 0.1) is 0 Å². The summed E-state index contributed by atoms with van der Waals surface area (Å²) in [5, 5.41) is 0. The number of hydrogen-bond acceptors (Lipinski definition) is 3. The van der Waals surface area contributed by atoms with E-state index in [0.29, 0.717) is 0 Å². The van der Waals surface area contributed by atoms with Gasteiger partial charge in [0.25, 0.3) is 0 Å². The summed E-state index contributed by atoms with van der Waals surface area (Å²) in [6, 6.07) is 0.868. The van der Waals surface area contributed by atoms with Crippen molar-refractivity contribution >= 4 is 11.8 Å². The van der Waals surface area contributed by atoms with Crippen molar-refractivity contribution < 1.29 is 0 Å². The summed E-state index contributed by atoms with van der Waals surface area (Å²) in [4.78, 5) is 5.38. The van der Waals surface area contributed by atoms with E-state index in [1.54, 1.807) is 0 Å². The molecule has 0 aliphatic carbocycles. The quantitative estimate of drug-likeness (QED) is 0.536. The lowest BCUT2D eigenvalue weighted by Gasteiger charge is -2.25. The van der Waals surface area contributed by atoms with Crippen molar-refractivity contribution in [2.45, 2.75) is 25.3 Å². The third-order valence-corrected chi connectivity index (χ3v) is 4.62. The summed E-state index contributed by atoms with van der Waals surface area (Å²) in [7, 11) is 0. The lowest BCUT2D eigenvalue weighted by atomic mass is 10.2. The summed E-state index contributed by atoms with van der Waals surface area (Å²) >= 11 is 2.01. The second-order valence-corrected chi connectivity index (χ2v) is 6.00. The Morgan fingerprint density at radius 2 is 2.12 bits per heavy atom. The first-order valence-electron chi connectivity index (χ1n) is 6.55. The lowest BCUT2D eigenvalue weighted by molar-refractivity contribution is 0.227. The van der Waals surface area contributed by atoms with Crippen LogP contribution in [0.4, 0.5) is 0 Å². The van der Waals surface area contributed by atoms with Crippen molar-refractivity contribution in [3.8, 4) is 0 Å². The molecule has 2 heterocycles. The van der Waals surface area contributed by atoms with Gasteiger partial charge in [-0.1, -0.05) is 6.08 Å². The van der Waals surface area contributed by atoms with Crippen LogP contribution in [-0.4, -0.2) is 60.1 Å². The predicted octanol–water partition coefficient (Wildman–Crippen LogP) is 2.08. The first-order valence-corrected chi connectivity index (χ1v) is 7.70. The fraction of sp³-hybridized carbons (Fsp3) is 0.846. The Hall–Kier alpha value is 0.01000. The van der Waals surface area contributed by atoms with E-state index in [0.717, 1.165) is 11.8 Å². The van der Waals surface area contributed by atoms with E-state index in [1.165, 1.54) is 57.7 Å². The molecule has 0 amide bonds. The Labute approximate surface area is 104 Å². The van der Waals surface area contributed by atoms with Crippen molar-refractivity contribution in [3.63, 3.8) is 0 Å². The lowest BCUT2D eigenvalue weighted by Crippen LogP contribution is -2.37. The number of rotatable bonds is 5. The normalized spacial score (nSPS) is 27.6. The van der Waals surface area contributed by atoms with Gasteiger partial charge in [-0.2, -0.15) is 11.8 Å². The molecule has 2 nitrogen and oxygen atoms in total. The average Bonchev–Trinajstić information content (AvgIpc) is 2.63. The summed E-state index contributed by atoms with van der Waals surface area (Å²) < 4.78 is 0. The molecule has 2 aliphatic heterocycles. The van der Waals surface area contributed by atoms with Crippen molar-refractivity contribution in [2.75, 3.05) is 44.2 Å². The van der Waals surface area contributed by atoms with Gasteiger partial charge in [0.15, 0.2) is 0 Å². The topological polar surface area (TPSA) is 6.48 Å². The highest BCUT2D eigenvalue weighted by Crippen LogP contribution is 2.21. The molecule has 2 rings (SSSR count). The second-order valence-electron chi connectivity index (χ2n) is 4.85. The van der Waals surface area contributed by atoms with E-state index < -0.39 is 0 Å². The molecule has 1 unspecified atom stereocenters. The molecule has 0 aromatic rings. The molecule has 0 saturated carbocycles. The van der Waals surface area contributed by atoms with Crippen LogP contribution in [0.15, 0.2) is 12.7 Å². The Morgan fingerprint density at radius 1 is 1.25 bits per heavy atom. The monoisotopic (exact) mass is 240 g/mol. The largest absolute Gasteiger partial charge is 0.301 e. The summed E-state index contributed by atoms with van der Waals surface area (Å²) in [5.74, 6) is 2.36. The Morgan fingerprint density at radius 3 is 3.00 bits per heavy atom. The molecule has 3 heteroatoms. The summed E-state index contributed by atoms with van der Waals surface area (Å²) in [6.45, 7) is 10.3. The zero-order valence-corrected chi connectivity index (χ0v) is 11.1. The van der Waals surface area contributed by atoms with Crippen LogP contribution in [0.5, 0.6) is 0 Å². The van der Waals surface area contributed by atoms with Crippen LogP contribution in [0.25, 0.3) is 0 Å². The van der Waals surface area contributed by atoms with E-state index in [2.05, 4.69) is 16.4 Å². The standard InChI is InChI=1S/C13H24N2S/c1-2-10-16-11-9-14-6-4-8-15-7-3-5-13(15)12-14/h2,13H,1,3-12H2. The van der Waals surface area contributed by atoms with Crippen LogP contribution in [0.1, 0.15) is 19.3 Å². The Balaban J connectivity index is 1.70. The number of thioether (sulfide) groups is 1. The maximum absolute atomic E-state index is 3.76. The van der Waals surface area contributed by atoms with Crippen LogP contribution in [0.2, 0.25) is 0 Å². The highest BCUT2D eigenvalue weighted by Gasteiger charge is 2.28. The molecule has 0 N–H and O–H groups in total. The van der Waals surface area contributed by atoms with Gasteiger partial charge in [0.1, 0.15) is 0 Å². The van der Waals surface area contributed by atoms with Gasteiger partial charge in [-0.3, -0.25) is 4.90 Å². The SMILES string of the molecule is C=CCSCCN1CCCN2CCCC2C1. The summed E-state index contributed by atoms with van der Waals surface area (Å²) in [5.41, 5.74) is 0. The van der Waals surface area contributed by atoms with Gasteiger partial charge in [0.2, 0.25) is 0 Å². The van der Waals surface area contributed by atoms with Crippen LogP contribution >= 0.6 is 11.8 Å². The maximum Gasteiger partial charge on any atom is 0.0223 e. The van der Waals surface area contributed by atoms with Gasteiger partial charge in [-0.15, -0.1) is 6.58 Å². The molecule has 16 heavy (non-hydrogen) atoms. The van der Waals surface area contributed by atoms with Crippen molar-refractivity contribution in [1.29, 1.82) is 0 Å². The van der Waals surface area contributed by atoms with E-state index >= 15 is 0 Å². The number of hydrogen-bond donors (Lipinski definition) is 0. The number of fused-ring (bicyclic) bond motifs is 1. The average molecular weight is 240 g/mol. The minimum atomic E-state index is 0.868. The van der Waals surface area contributed by atoms with Crippen molar-refractivity contribution in [1.82, 2.24) is 9.80 Å². The molecular weight excluding hydrogens is 216 g/mol. The van der Waals surface area contributed by atoms with Crippen LogP contribution in [0.3, 0.4) is 0 Å². The van der Waals surface area contributed by atoms with Crippen LogP contribution < -0.4 is 0 Å². The summed E-state index contributed by atoms with van der Waals surface area (Å²) in [6.07, 6.45) is 6.22. The van der Waals surface area contributed by atoms with E-state index in [1.807, 2.05) is 17.8 Å². The fourth-order valence-electron chi connectivity index (χ4n) is 2.85. The molecule has 2 fully saturated rings. The van der Waals surface area contributed by atoms with Gasteiger partial charge in [-0.05, 0) is 38.9 Å². The van der Waals surface area contributed by atoms with Crippen LogP contribution in [0, 0.1) is 0 Å². The molecule has 0 aromatic carbocycles. The minimum Gasteiger partial charge on any atom is -0.301 e. The van der Waals surface area contributed by atoms with Crippen molar-refractivity contribution in [2.24, 2.45) is 0 Å². The predicted molar refractivity (Wildman–Crippen MR) is 73.2 cm³/mol. The zero-order valence-electron chi connectivity index (χ0n) is 10.2. The second kappa shape index (κ2) is 6.67. The molecule has 2 saturated heterocycles. The smallest absolute Gasteiger partial charge is 0.0223 e. The van der Waals surface area contributed by atoms with Crippen molar-refractivity contribution in [3.05, 3.63) is 12.7 Å². The first-order chi connectivity index (χ1) is 7.90. The van der Waals surface area contributed by atoms with Gasteiger partial charge < -0.3 is 4.90 Å². The third kappa shape index (κ3) is 3.51. The molecule has 0 spiro atoms. The molecule has 0 bridgehead atoms. The van der Waals surface area contributed by atoms with E-state index in [4.69, 9.17) is 0 Å². The maximum atomic E-state index is 3.76. The van der Waals surface area contributed by atoms with Gasteiger partial charge >= 0.3 is 0 Å². The molecule has 1 atom stereocenters. The molecule has 92 valence electrons. The minimum absolute atomic E-state index is 0.868. The fourth-order valence-corrected chi connectivity index (χ4v) is 3.57. The highest BCUT2D eigenvalue weighted by atomic mass is 32.2. The Bertz CT molecular complexity index is 220. The van der Waals surface area contributed by atoms with Gasteiger partial charge in [0, 0.05) is 30.6 Å². The highest BCUT2D eigenvalue weighted by molar-refractivity contribution is 7.99. The molecule has 0 aromatic heterocycles. The zero-order chi connectivity index (χ0) is 11.2. The van der Waals surface area contributed by atoms with E-state index in [-0.39, 0.29) is 0 Å². The first kappa shape index (κ1) is 12.5. The molecule has 2 aliphatic rings. The Kier molecular flexibility index (Phi) is 5.20. The third-order valence-electron chi connectivity index (χ3n) is 3.68. The molecule has 0 radical (unpaired) electrons. The number of nitrogens with zero attached hydrogens (tertiary/aromatic N) is 2.